The second-order valence-corrected chi connectivity index (χ2v) is 3.53. The summed E-state index contributed by atoms with van der Waals surface area (Å²) in [5.41, 5.74) is 8.32. The summed E-state index contributed by atoms with van der Waals surface area (Å²) in [4.78, 5) is 0. The van der Waals surface area contributed by atoms with Crippen LogP contribution in [-0.4, -0.2) is 20.2 Å². The van der Waals surface area contributed by atoms with Gasteiger partial charge in [0.15, 0.2) is 0 Å². The molecule has 0 bridgehead atoms. The minimum atomic E-state index is 0.245. The van der Waals surface area contributed by atoms with Gasteiger partial charge < -0.3 is 15.8 Å². The van der Waals surface area contributed by atoms with Crippen molar-refractivity contribution in [2.45, 2.75) is 12.5 Å². The summed E-state index contributed by atoms with van der Waals surface area (Å²) in [6.45, 7) is 1.62. The standard InChI is InChI=1S/C11H16N2O/c1-14-10-4-2-3-8-5-6-13-9(7-12)11(8)10/h2-4,9,13H,5-7,12H2,1H3. The lowest BCUT2D eigenvalue weighted by Gasteiger charge is -2.27. The van der Waals surface area contributed by atoms with E-state index in [1.54, 1.807) is 7.11 Å². The molecular formula is C11H16N2O. The van der Waals surface area contributed by atoms with Gasteiger partial charge in [-0.2, -0.15) is 0 Å². The minimum Gasteiger partial charge on any atom is -0.496 e. The molecule has 1 aromatic rings. The van der Waals surface area contributed by atoms with E-state index in [4.69, 9.17) is 10.5 Å². The molecule has 1 heterocycles. The number of benzene rings is 1. The third-order valence-corrected chi connectivity index (χ3v) is 2.75. The Morgan fingerprint density at radius 3 is 3.14 bits per heavy atom. The Kier molecular flexibility index (Phi) is 2.70. The van der Waals surface area contributed by atoms with Gasteiger partial charge in [-0.3, -0.25) is 0 Å². The molecule has 1 aliphatic rings. The van der Waals surface area contributed by atoms with Crippen molar-refractivity contribution in [2.24, 2.45) is 5.73 Å². The monoisotopic (exact) mass is 192 g/mol. The van der Waals surface area contributed by atoms with Gasteiger partial charge in [0.05, 0.1) is 7.11 Å². The predicted octanol–water partition coefficient (Wildman–Crippen LogP) is 0.841. The Bertz CT molecular complexity index is 311. The largest absolute Gasteiger partial charge is 0.496 e. The average Bonchev–Trinajstić information content (AvgIpc) is 2.27. The highest BCUT2D eigenvalue weighted by Crippen LogP contribution is 2.30. The first-order chi connectivity index (χ1) is 6.86. The van der Waals surface area contributed by atoms with E-state index in [1.807, 2.05) is 12.1 Å². The fraction of sp³-hybridized carbons (Fsp3) is 0.455. The maximum Gasteiger partial charge on any atom is 0.123 e. The Hall–Kier alpha value is -1.06. The molecule has 1 aromatic carbocycles. The van der Waals surface area contributed by atoms with Crippen molar-refractivity contribution in [2.75, 3.05) is 20.2 Å². The van der Waals surface area contributed by atoms with Crippen LogP contribution in [0.15, 0.2) is 18.2 Å². The number of hydrogen-bond donors (Lipinski definition) is 2. The van der Waals surface area contributed by atoms with E-state index in [1.165, 1.54) is 11.1 Å². The molecule has 1 atom stereocenters. The van der Waals surface area contributed by atoms with Crippen LogP contribution in [0, 0.1) is 0 Å². The molecule has 0 aliphatic carbocycles. The van der Waals surface area contributed by atoms with Crippen molar-refractivity contribution >= 4 is 0 Å². The Morgan fingerprint density at radius 1 is 1.57 bits per heavy atom. The first kappa shape index (κ1) is 9.49. The lowest BCUT2D eigenvalue weighted by molar-refractivity contribution is 0.393. The molecule has 76 valence electrons. The molecule has 3 nitrogen and oxygen atoms in total. The van der Waals surface area contributed by atoms with Crippen LogP contribution in [0.1, 0.15) is 17.2 Å². The van der Waals surface area contributed by atoms with E-state index >= 15 is 0 Å². The lowest BCUT2D eigenvalue weighted by atomic mass is 9.93. The highest BCUT2D eigenvalue weighted by molar-refractivity contribution is 5.44. The van der Waals surface area contributed by atoms with E-state index < -0.39 is 0 Å². The van der Waals surface area contributed by atoms with Gasteiger partial charge in [-0.1, -0.05) is 12.1 Å². The Balaban J connectivity index is 2.46. The van der Waals surface area contributed by atoms with Gasteiger partial charge in [0.25, 0.3) is 0 Å². The number of nitrogens with two attached hydrogens (primary N) is 1. The van der Waals surface area contributed by atoms with Crippen molar-refractivity contribution in [1.82, 2.24) is 5.32 Å². The van der Waals surface area contributed by atoms with Gasteiger partial charge in [-0.05, 0) is 24.6 Å². The fourth-order valence-electron chi connectivity index (χ4n) is 2.07. The molecule has 0 aromatic heterocycles. The second-order valence-electron chi connectivity index (χ2n) is 3.53. The summed E-state index contributed by atoms with van der Waals surface area (Å²) in [6, 6.07) is 6.43. The van der Waals surface area contributed by atoms with Crippen molar-refractivity contribution in [1.29, 1.82) is 0 Å². The summed E-state index contributed by atoms with van der Waals surface area (Å²) in [5, 5.41) is 3.39. The predicted molar refractivity (Wildman–Crippen MR) is 56.5 cm³/mol. The Labute approximate surface area is 84.3 Å². The molecule has 0 amide bonds. The van der Waals surface area contributed by atoms with Gasteiger partial charge in [0, 0.05) is 18.2 Å². The van der Waals surface area contributed by atoms with Crippen LogP contribution in [0.4, 0.5) is 0 Å². The fourth-order valence-corrected chi connectivity index (χ4v) is 2.07. The van der Waals surface area contributed by atoms with Crippen molar-refractivity contribution < 1.29 is 4.74 Å². The van der Waals surface area contributed by atoms with Crippen LogP contribution in [0.5, 0.6) is 5.75 Å². The zero-order valence-corrected chi connectivity index (χ0v) is 8.42. The highest BCUT2D eigenvalue weighted by atomic mass is 16.5. The molecule has 1 unspecified atom stereocenters. The van der Waals surface area contributed by atoms with Gasteiger partial charge in [-0.15, -0.1) is 0 Å². The van der Waals surface area contributed by atoms with E-state index in [0.29, 0.717) is 6.54 Å². The van der Waals surface area contributed by atoms with Crippen LogP contribution in [0.3, 0.4) is 0 Å². The smallest absolute Gasteiger partial charge is 0.123 e. The second kappa shape index (κ2) is 3.98. The van der Waals surface area contributed by atoms with E-state index in [9.17, 15) is 0 Å². The van der Waals surface area contributed by atoms with Crippen molar-refractivity contribution in [3.63, 3.8) is 0 Å². The number of ether oxygens (including phenoxy) is 1. The van der Waals surface area contributed by atoms with Gasteiger partial charge in [-0.25, -0.2) is 0 Å². The first-order valence-electron chi connectivity index (χ1n) is 4.96. The molecule has 0 saturated carbocycles. The molecule has 2 rings (SSSR count). The highest BCUT2D eigenvalue weighted by Gasteiger charge is 2.21. The molecule has 0 saturated heterocycles. The number of fused-ring (bicyclic) bond motifs is 1. The maximum atomic E-state index is 5.72. The van der Waals surface area contributed by atoms with Gasteiger partial charge in [0.2, 0.25) is 0 Å². The molecule has 3 N–H and O–H groups in total. The van der Waals surface area contributed by atoms with Crippen molar-refractivity contribution in [3.8, 4) is 5.75 Å². The average molecular weight is 192 g/mol. The SMILES string of the molecule is COc1cccc2c1C(CN)NCC2. The normalized spacial score (nSPS) is 20.3. The number of hydrogen-bond acceptors (Lipinski definition) is 3. The molecular weight excluding hydrogens is 176 g/mol. The summed E-state index contributed by atoms with van der Waals surface area (Å²) in [5.74, 6) is 0.949. The number of methoxy groups -OCH3 is 1. The van der Waals surface area contributed by atoms with E-state index in [0.717, 1.165) is 18.7 Å². The number of nitrogens with one attached hydrogen (secondary N) is 1. The van der Waals surface area contributed by atoms with Gasteiger partial charge in [0.1, 0.15) is 5.75 Å². The van der Waals surface area contributed by atoms with Crippen LogP contribution >= 0.6 is 0 Å². The lowest BCUT2D eigenvalue weighted by Crippen LogP contribution is -2.34. The molecule has 0 spiro atoms. The minimum absolute atomic E-state index is 0.245. The third-order valence-electron chi connectivity index (χ3n) is 2.75. The molecule has 14 heavy (non-hydrogen) atoms. The summed E-state index contributed by atoms with van der Waals surface area (Å²) in [7, 11) is 1.71. The quantitative estimate of drug-likeness (QED) is 0.730. The van der Waals surface area contributed by atoms with E-state index in [-0.39, 0.29) is 6.04 Å². The topological polar surface area (TPSA) is 47.3 Å². The number of rotatable bonds is 2. The van der Waals surface area contributed by atoms with Crippen molar-refractivity contribution in [3.05, 3.63) is 29.3 Å². The summed E-state index contributed by atoms with van der Waals surface area (Å²) < 4.78 is 5.35. The van der Waals surface area contributed by atoms with Crippen LogP contribution in [-0.2, 0) is 6.42 Å². The van der Waals surface area contributed by atoms with Crippen LogP contribution < -0.4 is 15.8 Å². The van der Waals surface area contributed by atoms with E-state index in [2.05, 4.69) is 11.4 Å². The molecule has 0 fully saturated rings. The first-order valence-corrected chi connectivity index (χ1v) is 4.96. The molecule has 1 aliphatic heterocycles. The molecule has 3 heteroatoms. The van der Waals surface area contributed by atoms with Gasteiger partial charge >= 0.3 is 0 Å². The zero-order chi connectivity index (χ0) is 9.97. The third kappa shape index (κ3) is 1.49. The zero-order valence-electron chi connectivity index (χ0n) is 8.42. The summed E-state index contributed by atoms with van der Waals surface area (Å²) in [6.07, 6.45) is 1.06. The van der Waals surface area contributed by atoms with Crippen LogP contribution in [0.25, 0.3) is 0 Å². The molecule has 0 radical (unpaired) electrons. The maximum absolute atomic E-state index is 5.72. The van der Waals surface area contributed by atoms with Crippen LogP contribution in [0.2, 0.25) is 0 Å². The Morgan fingerprint density at radius 2 is 2.43 bits per heavy atom. The summed E-state index contributed by atoms with van der Waals surface area (Å²) >= 11 is 0.